The lowest BCUT2D eigenvalue weighted by Crippen LogP contribution is -2.20. The zero-order valence-corrected chi connectivity index (χ0v) is 15.1. The highest BCUT2D eigenvalue weighted by molar-refractivity contribution is 6.07. The predicted octanol–water partition coefficient (Wildman–Crippen LogP) is 2.99. The molecule has 3 N–H and O–H groups in total. The van der Waals surface area contributed by atoms with Crippen molar-refractivity contribution < 1.29 is 31.9 Å². The van der Waals surface area contributed by atoms with Crippen molar-refractivity contribution in [3.8, 4) is 5.75 Å². The average Bonchev–Trinajstić information content (AvgIpc) is 2.70. The summed E-state index contributed by atoms with van der Waals surface area (Å²) in [5.74, 6) is -5.86. The molecular formula is C20H13F3N2O5. The summed E-state index contributed by atoms with van der Waals surface area (Å²) in [5.41, 5.74) is 4.12. The van der Waals surface area contributed by atoms with Crippen molar-refractivity contribution in [2.24, 2.45) is 5.73 Å². The fourth-order valence-corrected chi connectivity index (χ4v) is 2.40. The van der Waals surface area contributed by atoms with Gasteiger partial charge in [-0.2, -0.15) is 0 Å². The van der Waals surface area contributed by atoms with E-state index in [0.29, 0.717) is 17.7 Å². The lowest BCUT2D eigenvalue weighted by atomic mass is 10.1. The molecule has 0 aliphatic carbocycles. The molecule has 0 saturated carbocycles. The molecule has 2 aromatic carbocycles. The van der Waals surface area contributed by atoms with E-state index in [1.165, 1.54) is 24.3 Å². The number of nitrogens with one attached hydrogen (secondary N) is 1. The maximum absolute atomic E-state index is 13.5. The number of nitrogens with two attached hydrogens (primary N) is 1. The Morgan fingerprint density at radius 2 is 1.70 bits per heavy atom. The number of anilines is 1. The third kappa shape index (κ3) is 4.66. The first-order chi connectivity index (χ1) is 14.2. The van der Waals surface area contributed by atoms with Gasteiger partial charge in [0.2, 0.25) is 11.2 Å². The predicted molar refractivity (Wildman–Crippen MR) is 98.5 cm³/mol. The molecule has 0 bridgehead atoms. The third-order valence-corrected chi connectivity index (χ3v) is 3.90. The highest BCUT2D eigenvalue weighted by atomic mass is 19.2. The summed E-state index contributed by atoms with van der Waals surface area (Å²) in [5, 5.41) is 2.13. The average molecular weight is 418 g/mol. The van der Waals surface area contributed by atoms with Crippen LogP contribution in [0.15, 0.2) is 57.9 Å². The second-order valence-corrected chi connectivity index (χ2v) is 6.02. The Kier molecular flexibility index (Phi) is 5.86. The van der Waals surface area contributed by atoms with E-state index < -0.39 is 51.7 Å². The Balaban J connectivity index is 1.75. The minimum absolute atomic E-state index is 0.0482. The van der Waals surface area contributed by atoms with Gasteiger partial charge in [-0.15, -0.1) is 0 Å². The largest absolute Gasteiger partial charge is 0.482 e. The van der Waals surface area contributed by atoms with Gasteiger partial charge in [0.25, 0.3) is 11.8 Å². The smallest absolute Gasteiger partial charge is 0.291 e. The van der Waals surface area contributed by atoms with E-state index in [9.17, 15) is 27.6 Å². The Bertz CT molecular complexity index is 1180. The highest BCUT2D eigenvalue weighted by Crippen LogP contribution is 2.21. The Morgan fingerprint density at radius 1 is 1.03 bits per heavy atom. The molecule has 0 aliphatic heterocycles. The van der Waals surface area contributed by atoms with Crippen molar-refractivity contribution in [3.05, 3.63) is 93.3 Å². The number of amides is 2. The van der Waals surface area contributed by atoms with Gasteiger partial charge in [-0.1, -0.05) is 12.1 Å². The fourth-order valence-electron chi connectivity index (χ4n) is 2.40. The van der Waals surface area contributed by atoms with Crippen LogP contribution in [0.4, 0.5) is 18.9 Å². The van der Waals surface area contributed by atoms with Crippen LogP contribution in [0.3, 0.4) is 0 Å². The van der Waals surface area contributed by atoms with Crippen LogP contribution in [0.2, 0.25) is 0 Å². The second kappa shape index (κ2) is 8.52. The van der Waals surface area contributed by atoms with Gasteiger partial charge in [-0.25, -0.2) is 13.2 Å². The molecule has 1 heterocycles. The first kappa shape index (κ1) is 20.6. The van der Waals surface area contributed by atoms with Gasteiger partial charge in [-0.05, 0) is 23.8 Å². The molecule has 0 spiro atoms. The first-order valence-electron chi connectivity index (χ1n) is 8.35. The number of hydrogen-bond donors (Lipinski definition) is 2. The van der Waals surface area contributed by atoms with Gasteiger partial charge in [-0.3, -0.25) is 14.4 Å². The topological polar surface area (TPSA) is 112 Å². The van der Waals surface area contributed by atoms with Crippen LogP contribution in [0.25, 0.3) is 0 Å². The fraction of sp³-hybridized carbons (Fsp3) is 0.0500. The summed E-state index contributed by atoms with van der Waals surface area (Å²) >= 11 is 0. The Morgan fingerprint density at radius 3 is 2.33 bits per heavy atom. The van der Waals surface area contributed by atoms with Crippen molar-refractivity contribution >= 4 is 17.5 Å². The molecule has 2 amide bonds. The molecule has 0 radical (unpaired) electrons. The van der Waals surface area contributed by atoms with Crippen molar-refractivity contribution in [2.75, 3.05) is 5.32 Å². The van der Waals surface area contributed by atoms with Gasteiger partial charge in [0, 0.05) is 12.1 Å². The number of benzene rings is 2. The van der Waals surface area contributed by atoms with Crippen molar-refractivity contribution in [3.63, 3.8) is 0 Å². The minimum atomic E-state index is -1.32. The van der Waals surface area contributed by atoms with E-state index in [-0.39, 0.29) is 12.4 Å². The standard InChI is InChI=1S/C20H13F3N2O5/c21-11-3-1-10(2-4-11)8-29-18-9-30-17(7-16(18)26)20(28)25-15-6-14(23)13(22)5-12(15)19(24)27/h1-7,9H,8H2,(H2,24,27)(H,25,28). The molecule has 30 heavy (non-hydrogen) atoms. The van der Waals surface area contributed by atoms with E-state index in [1.807, 2.05) is 0 Å². The molecular weight excluding hydrogens is 405 g/mol. The van der Waals surface area contributed by atoms with Crippen LogP contribution in [0.5, 0.6) is 5.75 Å². The summed E-state index contributed by atoms with van der Waals surface area (Å²) in [6, 6.07) is 7.33. The summed E-state index contributed by atoms with van der Waals surface area (Å²) in [7, 11) is 0. The molecule has 0 aliphatic rings. The molecule has 0 atom stereocenters. The van der Waals surface area contributed by atoms with Crippen LogP contribution < -0.4 is 21.2 Å². The maximum Gasteiger partial charge on any atom is 0.291 e. The SMILES string of the molecule is NC(=O)c1cc(F)c(F)cc1NC(=O)c1cc(=O)c(OCc2ccc(F)cc2)co1. The molecule has 0 unspecified atom stereocenters. The van der Waals surface area contributed by atoms with Gasteiger partial charge in [0.05, 0.1) is 11.3 Å². The number of carbonyl (C=O) groups excluding carboxylic acids is 2. The molecule has 154 valence electrons. The number of primary amides is 1. The van der Waals surface area contributed by atoms with Gasteiger partial charge in [0.15, 0.2) is 17.4 Å². The van der Waals surface area contributed by atoms with Crippen LogP contribution in [0.1, 0.15) is 26.5 Å². The molecule has 3 aromatic rings. The van der Waals surface area contributed by atoms with Crippen LogP contribution in [-0.2, 0) is 6.61 Å². The zero-order chi connectivity index (χ0) is 21.8. The normalized spacial score (nSPS) is 10.5. The van der Waals surface area contributed by atoms with Crippen molar-refractivity contribution in [2.45, 2.75) is 6.61 Å². The number of hydrogen-bond acceptors (Lipinski definition) is 5. The summed E-state index contributed by atoms with van der Waals surface area (Å²) in [4.78, 5) is 35.8. The van der Waals surface area contributed by atoms with Gasteiger partial charge in [0.1, 0.15) is 18.7 Å². The van der Waals surface area contributed by atoms with E-state index >= 15 is 0 Å². The quantitative estimate of drug-likeness (QED) is 0.639. The van der Waals surface area contributed by atoms with Crippen LogP contribution in [0, 0.1) is 17.5 Å². The van der Waals surface area contributed by atoms with E-state index in [4.69, 9.17) is 14.9 Å². The number of halogens is 3. The lowest BCUT2D eigenvalue weighted by Gasteiger charge is -2.10. The Labute approximate surface area is 166 Å². The third-order valence-electron chi connectivity index (χ3n) is 3.90. The van der Waals surface area contributed by atoms with E-state index in [0.717, 1.165) is 12.3 Å². The minimum Gasteiger partial charge on any atom is -0.482 e. The maximum atomic E-state index is 13.5. The number of ether oxygens (including phenoxy) is 1. The molecule has 3 rings (SSSR count). The van der Waals surface area contributed by atoms with E-state index in [1.54, 1.807) is 0 Å². The van der Waals surface area contributed by atoms with Gasteiger partial charge < -0.3 is 20.2 Å². The second-order valence-electron chi connectivity index (χ2n) is 6.02. The molecule has 1 aromatic heterocycles. The van der Waals surface area contributed by atoms with Crippen LogP contribution >= 0.6 is 0 Å². The molecule has 10 heteroatoms. The van der Waals surface area contributed by atoms with Crippen molar-refractivity contribution in [1.29, 1.82) is 0 Å². The summed E-state index contributed by atoms with van der Waals surface area (Å²) in [6.45, 7) is -0.0482. The lowest BCUT2D eigenvalue weighted by molar-refractivity contribution is 0.0993. The molecule has 0 saturated heterocycles. The number of carbonyl (C=O) groups is 2. The first-order valence-corrected chi connectivity index (χ1v) is 8.35. The highest BCUT2D eigenvalue weighted by Gasteiger charge is 2.18. The zero-order valence-electron chi connectivity index (χ0n) is 15.1. The summed E-state index contributed by atoms with van der Waals surface area (Å²) < 4.78 is 50.0. The van der Waals surface area contributed by atoms with E-state index in [2.05, 4.69) is 5.32 Å². The van der Waals surface area contributed by atoms with Gasteiger partial charge >= 0.3 is 0 Å². The molecule has 7 nitrogen and oxygen atoms in total. The molecule has 0 fully saturated rings. The summed E-state index contributed by atoms with van der Waals surface area (Å²) in [6.07, 6.45) is 0.890. The Hall–Kier alpha value is -4.08. The number of rotatable bonds is 6. The van der Waals surface area contributed by atoms with Crippen molar-refractivity contribution in [1.82, 2.24) is 0 Å². The van der Waals surface area contributed by atoms with Crippen LogP contribution in [-0.4, -0.2) is 11.8 Å². The monoisotopic (exact) mass is 418 g/mol.